The molecule has 0 atom stereocenters. The smallest absolute Gasteiger partial charge is 0.314 e. The Morgan fingerprint density at radius 3 is 2.50 bits per heavy atom. The fourth-order valence-electron chi connectivity index (χ4n) is 1.22. The molecule has 16 heavy (non-hydrogen) atoms. The molecule has 0 aliphatic carbocycles. The molecule has 0 N–H and O–H groups in total. The molecule has 1 rings (SSSR count). The Balaban J connectivity index is 2.60. The average molecular weight is 224 g/mol. The van der Waals surface area contributed by atoms with Gasteiger partial charge < -0.3 is 9.30 Å². The van der Waals surface area contributed by atoms with E-state index in [9.17, 15) is 9.59 Å². The van der Waals surface area contributed by atoms with E-state index in [1.165, 1.54) is 6.20 Å². The van der Waals surface area contributed by atoms with Gasteiger partial charge in [0.05, 0.1) is 0 Å². The van der Waals surface area contributed by atoms with E-state index in [1.807, 2.05) is 0 Å². The highest BCUT2D eigenvalue weighted by molar-refractivity contribution is 6.03. The fourth-order valence-corrected chi connectivity index (χ4v) is 1.22. The van der Waals surface area contributed by atoms with Gasteiger partial charge >= 0.3 is 5.97 Å². The van der Waals surface area contributed by atoms with Gasteiger partial charge in [-0.3, -0.25) is 9.59 Å². The lowest BCUT2D eigenvalue weighted by atomic mass is 10.2. The Labute approximate surface area is 94.4 Å². The van der Waals surface area contributed by atoms with Crippen molar-refractivity contribution < 1.29 is 14.3 Å². The van der Waals surface area contributed by atoms with Gasteiger partial charge in [0, 0.05) is 19.4 Å². The van der Waals surface area contributed by atoms with Gasteiger partial charge in [0.15, 0.2) is 5.82 Å². The van der Waals surface area contributed by atoms with E-state index in [1.54, 1.807) is 38.6 Å². The van der Waals surface area contributed by atoms with Crippen molar-refractivity contribution in [2.45, 2.75) is 32.8 Å². The Morgan fingerprint density at radius 2 is 2.06 bits per heavy atom. The average Bonchev–Trinajstić information content (AvgIpc) is 2.47. The first kappa shape index (κ1) is 12.4. The largest absolute Gasteiger partial charge is 0.460 e. The quantitative estimate of drug-likeness (QED) is 0.441. The highest BCUT2D eigenvalue weighted by Gasteiger charge is 2.21. The molecule has 1 aromatic heterocycles. The molecule has 0 unspecified atom stereocenters. The van der Waals surface area contributed by atoms with E-state index in [0.29, 0.717) is 0 Å². The third-order valence-electron chi connectivity index (χ3n) is 1.80. The van der Waals surface area contributed by atoms with Crippen LogP contribution in [0.4, 0.5) is 0 Å². The number of rotatable bonds is 3. The van der Waals surface area contributed by atoms with Crippen LogP contribution in [0.25, 0.3) is 0 Å². The van der Waals surface area contributed by atoms with E-state index in [-0.39, 0.29) is 18.0 Å². The zero-order valence-electron chi connectivity index (χ0n) is 9.98. The normalized spacial score (nSPS) is 11.2. The Hall–Kier alpha value is -1.65. The molecular weight excluding hydrogens is 208 g/mol. The number of carbonyl (C=O) groups excluding carboxylic acids is 2. The minimum absolute atomic E-state index is 0.269. The molecule has 0 bridgehead atoms. The molecule has 88 valence electrons. The summed E-state index contributed by atoms with van der Waals surface area (Å²) in [4.78, 5) is 26.9. The van der Waals surface area contributed by atoms with Crippen LogP contribution in [0.3, 0.4) is 0 Å². The summed E-state index contributed by atoms with van der Waals surface area (Å²) in [6, 6.07) is 0. The summed E-state index contributed by atoms with van der Waals surface area (Å²) in [5.41, 5.74) is -0.570. The van der Waals surface area contributed by atoms with Crippen LogP contribution in [-0.2, 0) is 16.6 Å². The number of imidazole rings is 1. The van der Waals surface area contributed by atoms with Gasteiger partial charge in [0.2, 0.25) is 5.78 Å². The maximum absolute atomic E-state index is 11.6. The zero-order chi connectivity index (χ0) is 12.3. The maximum atomic E-state index is 11.6. The third kappa shape index (κ3) is 3.49. The zero-order valence-corrected chi connectivity index (χ0v) is 9.98. The van der Waals surface area contributed by atoms with Gasteiger partial charge in [-0.1, -0.05) is 0 Å². The summed E-state index contributed by atoms with van der Waals surface area (Å²) in [6.07, 6.45) is 2.90. The molecule has 0 radical (unpaired) electrons. The van der Waals surface area contributed by atoms with Gasteiger partial charge in [-0.05, 0) is 20.8 Å². The molecule has 0 fully saturated rings. The van der Waals surface area contributed by atoms with Crippen LogP contribution in [0.2, 0.25) is 0 Å². The number of ether oxygens (including phenoxy) is 1. The topological polar surface area (TPSA) is 61.2 Å². The van der Waals surface area contributed by atoms with Crippen molar-refractivity contribution in [2.75, 3.05) is 0 Å². The van der Waals surface area contributed by atoms with Crippen LogP contribution in [-0.4, -0.2) is 26.9 Å². The lowest BCUT2D eigenvalue weighted by Gasteiger charge is -2.19. The number of esters is 1. The maximum Gasteiger partial charge on any atom is 0.314 e. The van der Waals surface area contributed by atoms with Crippen LogP contribution >= 0.6 is 0 Å². The van der Waals surface area contributed by atoms with Crippen molar-refractivity contribution >= 4 is 11.8 Å². The van der Waals surface area contributed by atoms with Gasteiger partial charge in [0.25, 0.3) is 0 Å². The summed E-state index contributed by atoms with van der Waals surface area (Å²) < 4.78 is 6.63. The summed E-state index contributed by atoms with van der Waals surface area (Å²) >= 11 is 0. The molecule has 0 aliphatic heterocycles. The highest BCUT2D eigenvalue weighted by Crippen LogP contribution is 2.09. The number of Topliss-reactive ketones (excluding diaryl/α,β-unsaturated/α-hetero) is 1. The second-order valence-electron chi connectivity index (χ2n) is 4.55. The molecule has 5 heteroatoms. The van der Waals surface area contributed by atoms with E-state index < -0.39 is 11.6 Å². The van der Waals surface area contributed by atoms with Gasteiger partial charge in [-0.25, -0.2) is 4.98 Å². The predicted octanol–water partition coefficient (Wildman–Crippen LogP) is 1.33. The summed E-state index contributed by atoms with van der Waals surface area (Å²) in [5, 5.41) is 0. The van der Waals surface area contributed by atoms with Crippen molar-refractivity contribution in [2.24, 2.45) is 7.05 Å². The number of aromatic nitrogens is 2. The minimum Gasteiger partial charge on any atom is -0.460 e. The van der Waals surface area contributed by atoms with E-state index in [0.717, 1.165) is 0 Å². The molecule has 0 spiro atoms. The Morgan fingerprint density at radius 1 is 1.44 bits per heavy atom. The second-order valence-corrected chi connectivity index (χ2v) is 4.55. The fraction of sp³-hybridized carbons (Fsp3) is 0.545. The first-order valence-electron chi connectivity index (χ1n) is 5.02. The molecule has 0 aliphatic rings. The van der Waals surface area contributed by atoms with E-state index in [2.05, 4.69) is 4.98 Å². The first-order valence-corrected chi connectivity index (χ1v) is 5.02. The van der Waals surface area contributed by atoms with Crippen LogP contribution in [0.5, 0.6) is 0 Å². The molecule has 0 amide bonds. The van der Waals surface area contributed by atoms with E-state index in [4.69, 9.17) is 4.74 Å². The SMILES string of the molecule is Cn1ccnc1C(=O)CC(=O)OC(C)(C)C. The molecule has 0 saturated carbocycles. The molecule has 1 heterocycles. The molecule has 0 saturated heterocycles. The third-order valence-corrected chi connectivity index (χ3v) is 1.80. The number of ketones is 1. The summed E-state index contributed by atoms with van der Waals surface area (Å²) in [7, 11) is 1.70. The Kier molecular flexibility index (Phi) is 3.47. The number of hydrogen-bond donors (Lipinski definition) is 0. The predicted molar refractivity (Wildman–Crippen MR) is 58.0 cm³/mol. The van der Waals surface area contributed by atoms with Crippen molar-refractivity contribution in [3.8, 4) is 0 Å². The summed E-state index contributed by atoms with van der Waals surface area (Å²) in [5.74, 6) is -0.590. The number of nitrogens with zero attached hydrogens (tertiary/aromatic N) is 2. The van der Waals surface area contributed by atoms with E-state index >= 15 is 0 Å². The van der Waals surface area contributed by atoms with Crippen molar-refractivity contribution in [1.29, 1.82) is 0 Å². The number of aryl methyl sites for hydroxylation is 1. The molecule has 0 aromatic carbocycles. The van der Waals surface area contributed by atoms with Crippen LogP contribution in [0.15, 0.2) is 12.4 Å². The first-order chi connectivity index (χ1) is 7.29. The minimum atomic E-state index is -0.570. The van der Waals surface area contributed by atoms with Crippen molar-refractivity contribution in [3.05, 3.63) is 18.2 Å². The van der Waals surface area contributed by atoms with Gasteiger partial charge in [-0.15, -0.1) is 0 Å². The van der Waals surface area contributed by atoms with Gasteiger partial charge in [-0.2, -0.15) is 0 Å². The van der Waals surface area contributed by atoms with Gasteiger partial charge in [0.1, 0.15) is 12.0 Å². The monoisotopic (exact) mass is 224 g/mol. The van der Waals surface area contributed by atoms with Crippen LogP contribution in [0.1, 0.15) is 37.8 Å². The van der Waals surface area contributed by atoms with Crippen LogP contribution in [0, 0.1) is 0 Å². The molecule has 5 nitrogen and oxygen atoms in total. The number of hydrogen-bond acceptors (Lipinski definition) is 4. The molecular formula is C11H16N2O3. The lowest BCUT2D eigenvalue weighted by molar-refractivity contribution is -0.153. The number of carbonyl (C=O) groups is 2. The van der Waals surface area contributed by atoms with Crippen LogP contribution < -0.4 is 0 Å². The molecule has 1 aromatic rings. The van der Waals surface area contributed by atoms with Crippen molar-refractivity contribution in [1.82, 2.24) is 9.55 Å². The standard InChI is InChI=1S/C11H16N2O3/c1-11(2,3)16-9(15)7-8(14)10-12-5-6-13(10)4/h5-6H,7H2,1-4H3. The summed E-state index contributed by atoms with van der Waals surface area (Å²) in [6.45, 7) is 5.28. The Bertz CT molecular complexity index is 402. The lowest BCUT2D eigenvalue weighted by Crippen LogP contribution is -2.25. The van der Waals surface area contributed by atoms with Crippen molar-refractivity contribution in [3.63, 3.8) is 0 Å². The second kappa shape index (κ2) is 4.47. The highest BCUT2D eigenvalue weighted by atomic mass is 16.6.